The van der Waals surface area contributed by atoms with Gasteiger partial charge in [-0.3, -0.25) is 0 Å². The van der Waals surface area contributed by atoms with Gasteiger partial charge < -0.3 is 10.4 Å². The number of hydrogen-bond donors (Lipinski definition) is 2. The number of aliphatic carboxylic acids is 1. The molecule has 0 unspecified atom stereocenters. The van der Waals surface area contributed by atoms with E-state index in [0.717, 1.165) is 10.4 Å². The van der Waals surface area contributed by atoms with Gasteiger partial charge in [0.25, 0.3) is 0 Å². The standard InChI is InChI=1S/C10H12BrN.C2HF3O2/c11-10-3-1-8(2-4-10)5-9-6-12-7-9;3-2(4,5)1(6)7/h1-4,9,12H,5-7H2;(H,6,7). The first-order chi connectivity index (χ1) is 8.79. The number of benzene rings is 1. The molecule has 2 N–H and O–H groups in total. The smallest absolute Gasteiger partial charge is 0.475 e. The highest BCUT2D eigenvalue weighted by molar-refractivity contribution is 9.10. The van der Waals surface area contributed by atoms with Gasteiger partial charge in [0.2, 0.25) is 0 Å². The fraction of sp³-hybridized carbons (Fsp3) is 0.417. The van der Waals surface area contributed by atoms with Gasteiger partial charge in [0.1, 0.15) is 0 Å². The Morgan fingerprint density at radius 2 is 1.79 bits per heavy atom. The molecule has 0 spiro atoms. The molecule has 19 heavy (non-hydrogen) atoms. The SMILES string of the molecule is Brc1ccc(CC2CNC2)cc1.O=C(O)C(F)(F)F. The molecule has 1 heterocycles. The van der Waals surface area contributed by atoms with E-state index in [9.17, 15) is 13.2 Å². The summed E-state index contributed by atoms with van der Waals surface area (Å²) in [4.78, 5) is 8.90. The van der Waals surface area contributed by atoms with Gasteiger partial charge in [-0.05, 0) is 43.1 Å². The number of nitrogens with one attached hydrogen (secondary N) is 1. The predicted octanol–water partition coefficient (Wildman–Crippen LogP) is 2.84. The van der Waals surface area contributed by atoms with Crippen molar-refractivity contribution in [2.45, 2.75) is 12.6 Å². The Morgan fingerprint density at radius 1 is 1.32 bits per heavy atom. The van der Waals surface area contributed by atoms with E-state index in [1.54, 1.807) is 0 Å². The molecule has 1 fully saturated rings. The summed E-state index contributed by atoms with van der Waals surface area (Å²) in [7, 11) is 0. The van der Waals surface area contributed by atoms with Crippen molar-refractivity contribution in [3.05, 3.63) is 34.3 Å². The fourth-order valence-corrected chi connectivity index (χ4v) is 1.71. The van der Waals surface area contributed by atoms with E-state index in [1.165, 1.54) is 25.1 Å². The number of carboxylic acid groups (broad SMARTS) is 1. The summed E-state index contributed by atoms with van der Waals surface area (Å²) in [5, 5.41) is 10.4. The van der Waals surface area contributed by atoms with Gasteiger partial charge in [-0.1, -0.05) is 28.1 Å². The Hall–Kier alpha value is -1.08. The van der Waals surface area contributed by atoms with Crippen molar-refractivity contribution in [3.8, 4) is 0 Å². The topological polar surface area (TPSA) is 49.3 Å². The minimum absolute atomic E-state index is 0.867. The van der Waals surface area contributed by atoms with Crippen LogP contribution in [-0.4, -0.2) is 30.3 Å². The number of carboxylic acids is 1. The Morgan fingerprint density at radius 3 is 2.11 bits per heavy atom. The first-order valence-electron chi connectivity index (χ1n) is 5.54. The number of rotatable bonds is 2. The van der Waals surface area contributed by atoms with Crippen molar-refractivity contribution >= 4 is 21.9 Å². The van der Waals surface area contributed by atoms with Crippen molar-refractivity contribution in [2.75, 3.05) is 13.1 Å². The fourth-order valence-electron chi connectivity index (χ4n) is 1.45. The average Bonchev–Trinajstić information content (AvgIpc) is 2.25. The molecule has 0 amide bonds. The van der Waals surface area contributed by atoms with Crippen LogP contribution in [0, 0.1) is 5.92 Å². The van der Waals surface area contributed by atoms with E-state index < -0.39 is 12.1 Å². The van der Waals surface area contributed by atoms with Crippen LogP contribution in [0.2, 0.25) is 0 Å². The van der Waals surface area contributed by atoms with Gasteiger partial charge in [-0.15, -0.1) is 0 Å². The molecule has 7 heteroatoms. The van der Waals surface area contributed by atoms with Crippen LogP contribution in [0.5, 0.6) is 0 Å². The quantitative estimate of drug-likeness (QED) is 0.871. The Labute approximate surface area is 116 Å². The van der Waals surface area contributed by atoms with Crippen molar-refractivity contribution in [3.63, 3.8) is 0 Å². The van der Waals surface area contributed by atoms with E-state index in [4.69, 9.17) is 9.90 Å². The number of halogens is 4. The van der Waals surface area contributed by atoms with Crippen LogP contribution in [0.15, 0.2) is 28.7 Å². The van der Waals surface area contributed by atoms with Crippen molar-refractivity contribution in [1.82, 2.24) is 5.32 Å². The molecular formula is C12H13BrF3NO2. The molecule has 3 nitrogen and oxygen atoms in total. The molecule has 0 radical (unpaired) electrons. The molecule has 2 rings (SSSR count). The van der Waals surface area contributed by atoms with Gasteiger partial charge in [-0.25, -0.2) is 4.79 Å². The highest BCUT2D eigenvalue weighted by atomic mass is 79.9. The Bertz CT molecular complexity index is 416. The monoisotopic (exact) mass is 339 g/mol. The zero-order valence-corrected chi connectivity index (χ0v) is 11.5. The lowest BCUT2D eigenvalue weighted by atomic mass is 9.95. The minimum Gasteiger partial charge on any atom is -0.475 e. The molecule has 1 aromatic carbocycles. The van der Waals surface area contributed by atoms with Crippen LogP contribution in [-0.2, 0) is 11.2 Å². The lowest BCUT2D eigenvalue weighted by Gasteiger charge is -2.26. The summed E-state index contributed by atoms with van der Waals surface area (Å²) in [6, 6.07) is 8.62. The molecule has 0 bridgehead atoms. The van der Waals surface area contributed by atoms with Gasteiger partial charge in [0.05, 0.1) is 0 Å². The molecule has 1 aliphatic heterocycles. The molecule has 1 saturated heterocycles. The maximum absolute atomic E-state index is 10.6. The average molecular weight is 340 g/mol. The van der Waals surface area contributed by atoms with Crippen LogP contribution >= 0.6 is 15.9 Å². The maximum atomic E-state index is 10.6. The van der Waals surface area contributed by atoms with Crippen molar-refractivity contribution < 1.29 is 23.1 Å². The lowest BCUT2D eigenvalue weighted by molar-refractivity contribution is -0.192. The van der Waals surface area contributed by atoms with E-state index in [-0.39, 0.29) is 0 Å². The maximum Gasteiger partial charge on any atom is 0.490 e. The van der Waals surface area contributed by atoms with E-state index in [2.05, 4.69) is 45.5 Å². The van der Waals surface area contributed by atoms with E-state index in [1.807, 2.05) is 0 Å². The minimum atomic E-state index is -5.08. The molecule has 0 aliphatic carbocycles. The third-order valence-corrected chi connectivity index (χ3v) is 3.07. The number of hydrogen-bond acceptors (Lipinski definition) is 2. The van der Waals surface area contributed by atoms with Crippen molar-refractivity contribution in [1.29, 1.82) is 0 Å². The molecule has 1 aliphatic rings. The van der Waals surface area contributed by atoms with E-state index in [0.29, 0.717) is 0 Å². The normalized spacial score (nSPS) is 15.2. The Kier molecular flexibility index (Phi) is 5.81. The molecule has 0 aromatic heterocycles. The van der Waals surface area contributed by atoms with Gasteiger partial charge in [0.15, 0.2) is 0 Å². The first kappa shape index (κ1) is 16.0. The lowest BCUT2D eigenvalue weighted by Crippen LogP contribution is -2.43. The third kappa shape index (κ3) is 6.07. The van der Waals surface area contributed by atoms with Gasteiger partial charge in [0, 0.05) is 4.47 Å². The third-order valence-electron chi connectivity index (χ3n) is 2.55. The summed E-state index contributed by atoms with van der Waals surface area (Å²) in [5.74, 6) is -1.89. The highest BCUT2D eigenvalue weighted by Gasteiger charge is 2.38. The second-order valence-corrected chi connectivity index (χ2v) is 5.07. The van der Waals surface area contributed by atoms with Crippen LogP contribution in [0.3, 0.4) is 0 Å². The summed E-state index contributed by atoms with van der Waals surface area (Å²) in [6.07, 6.45) is -3.86. The van der Waals surface area contributed by atoms with E-state index >= 15 is 0 Å². The molecule has 0 atom stereocenters. The molecule has 0 saturated carbocycles. The number of alkyl halides is 3. The van der Waals surface area contributed by atoms with Crippen LogP contribution in [0.1, 0.15) is 5.56 Å². The zero-order chi connectivity index (χ0) is 14.5. The van der Waals surface area contributed by atoms with Crippen molar-refractivity contribution in [2.24, 2.45) is 5.92 Å². The second-order valence-electron chi connectivity index (χ2n) is 4.16. The van der Waals surface area contributed by atoms with Gasteiger partial charge in [-0.2, -0.15) is 13.2 Å². The highest BCUT2D eigenvalue weighted by Crippen LogP contribution is 2.15. The zero-order valence-electron chi connectivity index (χ0n) is 9.88. The summed E-state index contributed by atoms with van der Waals surface area (Å²) in [6.45, 7) is 2.38. The van der Waals surface area contributed by atoms with Gasteiger partial charge >= 0.3 is 12.1 Å². The largest absolute Gasteiger partial charge is 0.490 e. The number of carbonyl (C=O) groups is 1. The molecular weight excluding hydrogens is 327 g/mol. The summed E-state index contributed by atoms with van der Waals surface area (Å²) >= 11 is 3.43. The van der Waals surface area contributed by atoms with Crippen LogP contribution in [0.25, 0.3) is 0 Å². The summed E-state index contributed by atoms with van der Waals surface area (Å²) < 4.78 is 32.9. The molecule has 1 aromatic rings. The summed E-state index contributed by atoms with van der Waals surface area (Å²) in [5.41, 5.74) is 1.45. The first-order valence-corrected chi connectivity index (χ1v) is 6.33. The Balaban J connectivity index is 0.000000224. The molecule has 106 valence electrons. The second kappa shape index (κ2) is 6.91. The van der Waals surface area contributed by atoms with Crippen LogP contribution in [0.4, 0.5) is 13.2 Å². The van der Waals surface area contributed by atoms with Crippen LogP contribution < -0.4 is 5.32 Å². The predicted molar refractivity (Wildman–Crippen MR) is 67.9 cm³/mol.